The molecule has 0 aliphatic carbocycles. The van der Waals surface area contributed by atoms with Crippen molar-refractivity contribution in [1.29, 1.82) is 5.26 Å². The zero-order valence-electron chi connectivity index (χ0n) is 23.8. The van der Waals surface area contributed by atoms with Crippen molar-refractivity contribution in [2.24, 2.45) is 0 Å². The second-order valence-electron chi connectivity index (χ2n) is 10.3. The van der Waals surface area contributed by atoms with Crippen LogP contribution in [0.15, 0.2) is 34.0 Å². The Morgan fingerprint density at radius 3 is 2.45 bits per heavy atom. The second kappa shape index (κ2) is 14.0. The number of thiocarbonyl (C=S) groups is 1. The number of pyridine rings is 1. The smallest absolute Gasteiger partial charge is 0.303 e. The fraction of sp³-hybridized carbons (Fsp3) is 0.433. The number of anilines is 2. The summed E-state index contributed by atoms with van der Waals surface area (Å²) in [5, 5.41) is 18.7. The molecule has 3 heterocycles. The highest BCUT2D eigenvalue weighted by Crippen LogP contribution is 2.36. The number of carbonyl (C=O) groups excluding carboxylic acids is 1. The average Bonchev–Trinajstić information content (AvgIpc) is 3.23. The zero-order valence-corrected chi connectivity index (χ0v) is 25.4. The molecule has 2 saturated heterocycles. The van der Waals surface area contributed by atoms with Crippen LogP contribution < -0.4 is 15.4 Å². The van der Waals surface area contributed by atoms with Gasteiger partial charge in [0.15, 0.2) is 0 Å². The summed E-state index contributed by atoms with van der Waals surface area (Å²) < 4.78 is 16.5. The van der Waals surface area contributed by atoms with Crippen LogP contribution in [0, 0.1) is 24.1 Å². The number of rotatable bonds is 11. The maximum Gasteiger partial charge on any atom is 0.303 e. The molecular formula is C30H34FN5O4S2. The minimum atomic E-state index is -0.843. The molecule has 0 unspecified atom stereocenters. The Morgan fingerprint density at radius 1 is 1.12 bits per heavy atom. The monoisotopic (exact) mass is 611 g/mol. The van der Waals surface area contributed by atoms with E-state index in [1.807, 2.05) is 11.8 Å². The van der Waals surface area contributed by atoms with Crippen LogP contribution in [0.4, 0.5) is 15.9 Å². The molecule has 2 aliphatic heterocycles. The van der Waals surface area contributed by atoms with Gasteiger partial charge in [-0.25, -0.2) is 4.39 Å². The molecule has 4 rings (SSSR count). The lowest BCUT2D eigenvalue weighted by Crippen LogP contribution is -2.49. The first-order valence-electron chi connectivity index (χ1n) is 14.1. The lowest BCUT2D eigenvalue weighted by atomic mass is 10.0. The first-order valence-corrected chi connectivity index (χ1v) is 15.3. The highest BCUT2D eigenvalue weighted by molar-refractivity contribution is 8.26. The summed E-state index contributed by atoms with van der Waals surface area (Å²) in [4.78, 5) is 43.7. The van der Waals surface area contributed by atoms with Gasteiger partial charge in [-0.05, 0) is 50.0 Å². The van der Waals surface area contributed by atoms with Crippen LogP contribution in [-0.2, 0) is 16.1 Å². The van der Waals surface area contributed by atoms with E-state index in [0.29, 0.717) is 96.8 Å². The number of para-hydroxylation sites is 1. The van der Waals surface area contributed by atoms with E-state index in [0.717, 1.165) is 0 Å². The molecule has 1 aromatic carbocycles. The minimum absolute atomic E-state index is 0.0392. The normalized spacial score (nSPS) is 16.4. The van der Waals surface area contributed by atoms with Gasteiger partial charge in [0.05, 0.1) is 10.6 Å². The number of thioether (sulfide) groups is 1. The van der Waals surface area contributed by atoms with Crippen LogP contribution >= 0.6 is 24.0 Å². The number of aromatic nitrogens is 1. The third-order valence-corrected chi connectivity index (χ3v) is 8.87. The Hall–Kier alpha value is -3.69. The Bertz CT molecular complexity index is 1510. The van der Waals surface area contributed by atoms with Crippen LogP contribution in [-0.4, -0.2) is 63.5 Å². The maximum absolute atomic E-state index is 14.5. The summed E-state index contributed by atoms with van der Waals surface area (Å²) >= 11 is 6.69. The molecule has 9 nitrogen and oxygen atoms in total. The highest BCUT2D eigenvalue weighted by atomic mass is 32.2. The van der Waals surface area contributed by atoms with E-state index in [4.69, 9.17) is 17.3 Å². The van der Waals surface area contributed by atoms with Gasteiger partial charge in [-0.2, -0.15) is 5.26 Å². The van der Waals surface area contributed by atoms with Crippen molar-refractivity contribution < 1.29 is 19.1 Å². The Labute approximate surface area is 254 Å². The molecule has 1 aromatic heterocycles. The summed E-state index contributed by atoms with van der Waals surface area (Å²) in [7, 11) is 0. The first-order chi connectivity index (χ1) is 20.2. The SMILES string of the molecule is CCCn1c(N2CCN(c3ccccc3F)CC2)c(/C=C2\SC(=S)N(CCCCCC(=O)O)C2=O)c(C)c(C#N)c1=O. The molecule has 2 aromatic rings. The van der Waals surface area contributed by atoms with E-state index in [1.165, 1.54) is 22.7 Å². The molecule has 0 atom stereocenters. The van der Waals surface area contributed by atoms with Gasteiger partial charge in [-0.1, -0.05) is 49.5 Å². The summed E-state index contributed by atoms with van der Waals surface area (Å²) in [5.41, 5.74) is 1.33. The minimum Gasteiger partial charge on any atom is -0.481 e. The van der Waals surface area contributed by atoms with Crippen molar-refractivity contribution in [3.05, 3.63) is 62.0 Å². The van der Waals surface area contributed by atoms with Gasteiger partial charge < -0.3 is 14.9 Å². The molecule has 42 heavy (non-hydrogen) atoms. The summed E-state index contributed by atoms with van der Waals surface area (Å²) in [6.07, 6.45) is 4.32. The van der Waals surface area contributed by atoms with Crippen LogP contribution in [0.5, 0.6) is 0 Å². The first kappa shape index (κ1) is 31.3. The van der Waals surface area contributed by atoms with E-state index >= 15 is 0 Å². The molecule has 0 radical (unpaired) electrons. The molecule has 0 spiro atoms. The van der Waals surface area contributed by atoms with Gasteiger partial charge in [0.25, 0.3) is 11.5 Å². The van der Waals surface area contributed by atoms with E-state index in [-0.39, 0.29) is 29.3 Å². The van der Waals surface area contributed by atoms with Crippen LogP contribution in [0.3, 0.4) is 0 Å². The quantitative estimate of drug-likeness (QED) is 0.219. The van der Waals surface area contributed by atoms with Gasteiger partial charge in [-0.15, -0.1) is 0 Å². The third-order valence-electron chi connectivity index (χ3n) is 7.49. The van der Waals surface area contributed by atoms with Gasteiger partial charge >= 0.3 is 5.97 Å². The Kier molecular flexibility index (Phi) is 10.4. The fourth-order valence-electron chi connectivity index (χ4n) is 5.33. The van der Waals surface area contributed by atoms with Crippen LogP contribution in [0.25, 0.3) is 6.08 Å². The van der Waals surface area contributed by atoms with Crippen molar-refractivity contribution in [3.8, 4) is 6.07 Å². The third kappa shape index (κ3) is 6.68. The number of benzene rings is 1. The number of carbonyl (C=O) groups is 2. The lowest BCUT2D eigenvalue weighted by molar-refractivity contribution is -0.137. The summed E-state index contributed by atoms with van der Waals surface area (Å²) in [6, 6.07) is 8.72. The molecule has 0 saturated carbocycles. The van der Waals surface area contributed by atoms with Gasteiger partial charge in [0, 0.05) is 51.3 Å². The van der Waals surface area contributed by atoms with Crippen molar-refractivity contribution in [1.82, 2.24) is 9.47 Å². The predicted molar refractivity (Wildman–Crippen MR) is 167 cm³/mol. The molecule has 2 aliphatic rings. The van der Waals surface area contributed by atoms with Crippen molar-refractivity contribution in [3.63, 3.8) is 0 Å². The number of carboxylic acid groups (broad SMARTS) is 1. The molecule has 1 amide bonds. The Balaban J connectivity index is 1.67. The zero-order chi connectivity index (χ0) is 30.4. The van der Waals surface area contributed by atoms with E-state index in [1.54, 1.807) is 35.8 Å². The van der Waals surface area contributed by atoms with Crippen LogP contribution in [0.1, 0.15) is 55.7 Å². The molecule has 0 bridgehead atoms. The van der Waals surface area contributed by atoms with Crippen molar-refractivity contribution >= 4 is 57.8 Å². The van der Waals surface area contributed by atoms with Gasteiger partial charge in [0.2, 0.25) is 0 Å². The molecule has 222 valence electrons. The maximum atomic E-state index is 14.5. The number of hydrogen-bond acceptors (Lipinski definition) is 8. The number of halogens is 1. The summed E-state index contributed by atoms with van der Waals surface area (Å²) in [5.74, 6) is -0.729. The van der Waals surface area contributed by atoms with E-state index in [9.17, 15) is 24.0 Å². The fourth-order valence-corrected chi connectivity index (χ4v) is 6.62. The molecule has 12 heteroatoms. The van der Waals surface area contributed by atoms with Crippen molar-refractivity contribution in [2.45, 2.75) is 52.5 Å². The van der Waals surface area contributed by atoms with Crippen molar-refractivity contribution in [2.75, 3.05) is 42.5 Å². The topological polar surface area (TPSA) is 110 Å². The number of hydrogen-bond donors (Lipinski definition) is 1. The number of nitrogens with zero attached hydrogens (tertiary/aromatic N) is 5. The number of piperazine rings is 1. The molecular weight excluding hydrogens is 577 g/mol. The van der Waals surface area contributed by atoms with E-state index in [2.05, 4.69) is 11.0 Å². The standard InChI is InChI=1S/C30H34FN5O4S2/c1-3-12-35-27(34-16-14-33(15-17-34)24-10-7-6-9-23(24)31)21(20(2)22(19-32)28(35)39)18-25-29(40)36(30(41)42-25)13-8-4-5-11-26(37)38/h6-7,9-10,18H,3-5,8,11-17H2,1-2H3,(H,37,38)/b25-18-. The number of carboxylic acids is 1. The second-order valence-corrected chi connectivity index (χ2v) is 11.9. The average molecular weight is 612 g/mol. The molecule has 1 N–H and O–H groups in total. The predicted octanol–water partition coefficient (Wildman–Crippen LogP) is 4.75. The number of amides is 1. The van der Waals surface area contributed by atoms with E-state index < -0.39 is 5.97 Å². The number of unbranched alkanes of at least 4 members (excludes halogenated alkanes) is 2. The Morgan fingerprint density at radius 2 is 1.81 bits per heavy atom. The van der Waals surface area contributed by atoms with Crippen LogP contribution in [0.2, 0.25) is 0 Å². The number of aliphatic carboxylic acids is 1. The lowest BCUT2D eigenvalue weighted by Gasteiger charge is -2.39. The largest absolute Gasteiger partial charge is 0.481 e. The number of nitriles is 1. The molecule has 2 fully saturated rings. The summed E-state index contributed by atoms with van der Waals surface area (Å²) in [6.45, 7) is 6.57. The van der Waals surface area contributed by atoms with Gasteiger partial charge in [0.1, 0.15) is 27.6 Å². The highest BCUT2D eigenvalue weighted by Gasteiger charge is 2.33. The van der Waals surface area contributed by atoms with Gasteiger partial charge in [-0.3, -0.25) is 23.9 Å².